The Morgan fingerprint density at radius 2 is 2.00 bits per heavy atom. The van der Waals surface area contributed by atoms with Crippen molar-refractivity contribution in [2.45, 2.75) is 53.1 Å². The number of rotatable bonds is 5. The van der Waals surface area contributed by atoms with Crippen LogP contribution in [0, 0.1) is 20.8 Å². The maximum Gasteiger partial charge on any atom is 0.222 e. The van der Waals surface area contributed by atoms with Gasteiger partial charge in [0.05, 0.1) is 11.3 Å². The Hall–Kier alpha value is -1.95. The molecule has 2 rings (SSSR count). The topological polar surface area (TPSA) is 70.7 Å². The number of fused-ring (bicyclic) bond motifs is 1. The average Bonchev–Trinajstić information content (AvgIpc) is 2.76. The summed E-state index contributed by atoms with van der Waals surface area (Å²) < 4.78 is 1.84. The van der Waals surface area contributed by atoms with E-state index in [1.54, 1.807) is 25.8 Å². The van der Waals surface area contributed by atoms with Gasteiger partial charge in [-0.05, 0) is 46.6 Å². The van der Waals surface area contributed by atoms with Gasteiger partial charge in [-0.2, -0.15) is 5.10 Å². The van der Waals surface area contributed by atoms with Gasteiger partial charge in [-0.25, -0.2) is 9.50 Å². The van der Waals surface area contributed by atoms with Crippen LogP contribution in [0.2, 0.25) is 0 Å². The average molecular weight is 318 g/mol. The molecular formula is C17H26N4O2. The number of carbonyl (C=O) groups excluding carboxylic acids is 1. The Morgan fingerprint density at radius 3 is 2.61 bits per heavy atom. The second-order valence-electron chi connectivity index (χ2n) is 6.88. The summed E-state index contributed by atoms with van der Waals surface area (Å²) in [5, 5.41) is 14.3. The third-order valence-electron chi connectivity index (χ3n) is 3.92. The minimum atomic E-state index is -0.886. The van der Waals surface area contributed by atoms with Gasteiger partial charge in [-0.15, -0.1) is 0 Å². The molecule has 0 bridgehead atoms. The number of likely N-dealkylation sites (N-methyl/N-ethyl adjacent to an activating group) is 1. The Morgan fingerprint density at radius 1 is 1.35 bits per heavy atom. The van der Waals surface area contributed by atoms with Crippen LogP contribution in [0.25, 0.3) is 5.65 Å². The van der Waals surface area contributed by atoms with Crippen molar-refractivity contribution < 1.29 is 9.90 Å². The lowest BCUT2D eigenvalue weighted by Gasteiger charge is -2.25. The molecule has 0 aromatic carbocycles. The van der Waals surface area contributed by atoms with Crippen LogP contribution in [0.5, 0.6) is 0 Å². The first-order valence-electron chi connectivity index (χ1n) is 7.87. The molecule has 23 heavy (non-hydrogen) atoms. The van der Waals surface area contributed by atoms with E-state index in [0.717, 1.165) is 28.3 Å². The summed E-state index contributed by atoms with van der Waals surface area (Å²) in [6.07, 6.45) is 1.01. The van der Waals surface area contributed by atoms with Crippen molar-refractivity contribution in [1.29, 1.82) is 0 Å². The fourth-order valence-electron chi connectivity index (χ4n) is 2.89. The number of hydrogen-bond donors (Lipinski definition) is 1. The van der Waals surface area contributed by atoms with E-state index in [1.807, 2.05) is 31.4 Å². The fraction of sp³-hybridized carbons (Fsp3) is 0.588. The molecule has 2 heterocycles. The lowest BCUT2D eigenvalue weighted by atomic mass is 10.1. The quantitative estimate of drug-likeness (QED) is 0.913. The van der Waals surface area contributed by atoms with Crippen LogP contribution >= 0.6 is 0 Å². The monoisotopic (exact) mass is 318 g/mol. The highest BCUT2D eigenvalue weighted by molar-refractivity contribution is 5.76. The normalized spacial score (nSPS) is 12.0. The van der Waals surface area contributed by atoms with Crippen LogP contribution in [0.15, 0.2) is 6.07 Å². The molecule has 0 unspecified atom stereocenters. The molecule has 0 fully saturated rings. The summed E-state index contributed by atoms with van der Waals surface area (Å²) in [6, 6.07) is 1.95. The van der Waals surface area contributed by atoms with Gasteiger partial charge in [-0.3, -0.25) is 4.79 Å². The van der Waals surface area contributed by atoms with Gasteiger partial charge in [0.1, 0.15) is 0 Å². The molecule has 126 valence electrons. The Balaban J connectivity index is 2.14. The molecule has 6 nitrogen and oxygen atoms in total. The molecular weight excluding hydrogens is 292 g/mol. The van der Waals surface area contributed by atoms with Gasteiger partial charge in [0.2, 0.25) is 5.91 Å². The smallest absolute Gasteiger partial charge is 0.222 e. The number of aromatic nitrogens is 3. The van der Waals surface area contributed by atoms with E-state index < -0.39 is 5.60 Å². The van der Waals surface area contributed by atoms with E-state index in [1.165, 1.54) is 0 Å². The van der Waals surface area contributed by atoms with E-state index in [-0.39, 0.29) is 5.91 Å². The molecule has 6 heteroatoms. The third kappa shape index (κ3) is 4.07. The number of aliphatic hydroxyl groups is 1. The fourth-order valence-corrected chi connectivity index (χ4v) is 2.89. The van der Waals surface area contributed by atoms with E-state index in [2.05, 4.69) is 10.1 Å². The van der Waals surface area contributed by atoms with Crippen molar-refractivity contribution in [3.63, 3.8) is 0 Å². The Labute approximate surface area is 137 Å². The van der Waals surface area contributed by atoms with Crippen molar-refractivity contribution in [3.8, 4) is 0 Å². The summed E-state index contributed by atoms with van der Waals surface area (Å²) in [7, 11) is 1.72. The van der Waals surface area contributed by atoms with Crippen LogP contribution in [0.4, 0.5) is 0 Å². The molecule has 0 saturated heterocycles. The van der Waals surface area contributed by atoms with Gasteiger partial charge >= 0.3 is 0 Å². The van der Waals surface area contributed by atoms with Crippen molar-refractivity contribution in [2.75, 3.05) is 13.6 Å². The predicted molar refractivity (Wildman–Crippen MR) is 89.5 cm³/mol. The van der Waals surface area contributed by atoms with E-state index >= 15 is 0 Å². The predicted octanol–water partition coefficient (Wildman–Crippen LogP) is 1.82. The number of amides is 1. The maximum atomic E-state index is 12.3. The summed E-state index contributed by atoms with van der Waals surface area (Å²) in [6.45, 7) is 9.63. The largest absolute Gasteiger partial charge is 0.389 e. The van der Waals surface area contributed by atoms with Crippen LogP contribution in [-0.2, 0) is 11.2 Å². The second-order valence-corrected chi connectivity index (χ2v) is 6.88. The summed E-state index contributed by atoms with van der Waals surface area (Å²) in [5.41, 5.74) is 3.91. The zero-order chi connectivity index (χ0) is 17.4. The molecule has 0 aliphatic heterocycles. The van der Waals surface area contributed by atoms with Crippen molar-refractivity contribution in [3.05, 3.63) is 28.7 Å². The van der Waals surface area contributed by atoms with E-state index in [0.29, 0.717) is 19.4 Å². The van der Waals surface area contributed by atoms with Crippen molar-refractivity contribution in [1.82, 2.24) is 19.5 Å². The first kappa shape index (κ1) is 17.4. The standard InChI is InChI=1S/C17H26N4O2/c1-11-9-15-18-12(2)14(13(3)21(15)19-11)7-8-16(22)20(6)10-17(4,5)23/h9,23H,7-8,10H2,1-6H3. The van der Waals surface area contributed by atoms with Gasteiger partial charge in [0.25, 0.3) is 0 Å². The molecule has 2 aromatic heterocycles. The molecule has 2 aromatic rings. The highest BCUT2D eigenvalue weighted by atomic mass is 16.3. The first-order chi connectivity index (χ1) is 10.6. The van der Waals surface area contributed by atoms with Crippen molar-refractivity contribution >= 4 is 11.6 Å². The van der Waals surface area contributed by atoms with Crippen LogP contribution < -0.4 is 0 Å². The van der Waals surface area contributed by atoms with Gasteiger partial charge in [0, 0.05) is 37.5 Å². The van der Waals surface area contributed by atoms with E-state index in [4.69, 9.17) is 0 Å². The number of hydrogen-bond acceptors (Lipinski definition) is 4. The summed E-state index contributed by atoms with van der Waals surface area (Å²) in [5.74, 6) is 0.0164. The minimum Gasteiger partial charge on any atom is -0.389 e. The highest BCUT2D eigenvalue weighted by Crippen LogP contribution is 2.17. The zero-order valence-corrected chi connectivity index (χ0v) is 14.8. The molecule has 0 spiro atoms. The van der Waals surface area contributed by atoms with Crippen LogP contribution in [-0.4, -0.2) is 49.7 Å². The third-order valence-corrected chi connectivity index (χ3v) is 3.92. The SMILES string of the molecule is Cc1cc2nc(C)c(CCC(=O)N(C)CC(C)(C)O)c(C)n2n1. The van der Waals surface area contributed by atoms with E-state index in [9.17, 15) is 9.90 Å². The first-order valence-corrected chi connectivity index (χ1v) is 7.87. The highest BCUT2D eigenvalue weighted by Gasteiger charge is 2.20. The summed E-state index contributed by atoms with van der Waals surface area (Å²) >= 11 is 0. The number of nitrogens with zero attached hydrogens (tertiary/aromatic N) is 4. The van der Waals surface area contributed by atoms with Crippen LogP contribution in [0.1, 0.15) is 42.9 Å². The van der Waals surface area contributed by atoms with Gasteiger partial charge in [-0.1, -0.05) is 0 Å². The molecule has 1 amide bonds. The number of aryl methyl sites for hydroxylation is 3. The Bertz CT molecular complexity index is 728. The zero-order valence-electron chi connectivity index (χ0n) is 14.8. The molecule has 1 N–H and O–H groups in total. The number of carbonyl (C=O) groups is 1. The molecule has 0 atom stereocenters. The van der Waals surface area contributed by atoms with Crippen LogP contribution in [0.3, 0.4) is 0 Å². The molecule has 0 aliphatic rings. The minimum absolute atomic E-state index is 0.0164. The lowest BCUT2D eigenvalue weighted by Crippen LogP contribution is -2.39. The molecule has 0 saturated carbocycles. The van der Waals surface area contributed by atoms with Gasteiger partial charge < -0.3 is 10.0 Å². The molecule has 0 radical (unpaired) electrons. The lowest BCUT2D eigenvalue weighted by molar-refractivity contribution is -0.132. The second kappa shape index (κ2) is 6.28. The van der Waals surface area contributed by atoms with Crippen molar-refractivity contribution in [2.24, 2.45) is 0 Å². The molecule has 0 aliphatic carbocycles. The maximum absolute atomic E-state index is 12.3. The Kier molecular flexibility index (Phi) is 4.75. The summed E-state index contributed by atoms with van der Waals surface area (Å²) in [4.78, 5) is 18.4. The van der Waals surface area contributed by atoms with Gasteiger partial charge in [0.15, 0.2) is 5.65 Å².